The van der Waals surface area contributed by atoms with E-state index in [1.165, 1.54) is 22.8 Å². The van der Waals surface area contributed by atoms with Crippen molar-refractivity contribution >= 4 is 11.9 Å². The molecular weight excluding hydrogens is 362 g/mol. The smallest absolute Gasteiger partial charge is 0.331 e. The molecule has 8 heteroatoms. The maximum absolute atomic E-state index is 12.2. The van der Waals surface area contributed by atoms with Gasteiger partial charge in [0.05, 0.1) is 5.69 Å². The molecule has 0 radical (unpaired) electrons. The molecule has 0 amide bonds. The molecule has 8 nitrogen and oxygen atoms in total. The second-order valence-corrected chi connectivity index (χ2v) is 6.80. The first-order valence-corrected chi connectivity index (χ1v) is 9.29. The van der Waals surface area contributed by atoms with Crippen LogP contribution in [0.1, 0.15) is 37.7 Å². The lowest BCUT2D eigenvalue weighted by molar-refractivity contribution is 0.174. The summed E-state index contributed by atoms with van der Waals surface area (Å²) in [5, 5.41) is 10.5. The molecule has 146 valence electrons. The van der Waals surface area contributed by atoms with Crippen LogP contribution in [-0.4, -0.2) is 27.7 Å². The topological polar surface area (TPSA) is 106 Å². The molecule has 0 saturated carbocycles. The number of benzene rings is 1. The molecule has 1 aliphatic heterocycles. The fourth-order valence-electron chi connectivity index (χ4n) is 3.39. The van der Waals surface area contributed by atoms with Crippen LogP contribution in [0.5, 0.6) is 17.4 Å². The third-order valence-electron chi connectivity index (χ3n) is 4.95. The number of aromatic nitrogens is 2. The number of ether oxygens (including phenoxy) is 2. The van der Waals surface area contributed by atoms with E-state index in [-0.39, 0.29) is 18.2 Å². The van der Waals surface area contributed by atoms with E-state index in [1.807, 2.05) is 0 Å². The number of fused-ring (bicyclic) bond motifs is 1. The Morgan fingerprint density at radius 3 is 2.89 bits per heavy atom. The summed E-state index contributed by atoms with van der Waals surface area (Å²) >= 11 is 0. The van der Waals surface area contributed by atoms with Crippen LogP contribution < -0.4 is 20.7 Å². The van der Waals surface area contributed by atoms with Crippen molar-refractivity contribution in [3.63, 3.8) is 0 Å². The largest absolute Gasteiger partial charge is 0.494 e. The van der Waals surface area contributed by atoms with Crippen LogP contribution in [-0.2, 0) is 6.54 Å². The molecule has 0 spiro atoms. The number of aromatic hydroxyl groups is 1. The lowest BCUT2D eigenvalue weighted by Gasteiger charge is -2.14. The molecule has 1 aliphatic carbocycles. The van der Waals surface area contributed by atoms with Gasteiger partial charge in [0.25, 0.3) is 5.56 Å². The number of H-pyrrole nitrogens is 1. The summed E-state index contributed by atoms with van der Waals surface area (Å²) < 4.78 is 11.7. The van der Waals surface area contributed by atoms with Crippen molar-refractivity contribution in [1.82, 2.24) is 9.55 Å². The fraction of sp³-hybridized carbons (Fsp3) is 0.350. The van der Waals surface area contributed by atoms with E-state index >= 15 is 0 Å². The highest BCUT2D eigenvalue weighted by molar-refractivity contribution is 5.84. The molecule has 2 N–H and O–H groups in total. The van der Waals surface area contributed by atoms with Crippen molar-refractivity contribution in [2.75, 3.05) is 6.79 Å². The Morgan fingerprint density at radius 1 is 1.21 bits per heavy atom. The Balaban J connectivity index is 1.59. The number of aromatic amines is 1. The van der Waals surface area contributed by atoms with Gasteiger partial charge < -0.3 is 14.6 Å². The second kappa shape index (κ2) is 7.75. The molecule has 0 fully saturated rings. The Morgan fingerprint density at radius 2 is 2.07 bits per heavy atom. The normalized spacial score (nSPS) is 15.8. The number of hydrogen-bond donors (Lipinski definition) is 2. The first kappa shape index (κ1) is 18.1. The van der Waals surface area contributed by atoms with Crippen LogP contribution in [0.2, 0.25) is 0 Å². The molecular formula is C20H21N3O5. The van der Waals surface area contributed by atoms with Crippen LogP contribution in [0.15, 0.2) is 44.4 Å². The van der Waals surface area contributed by atoms with Gasteiger partial charge in [0.2, 0.25) is 12.7 Å². The van der Waals surface area contributed by atoms with Crippen LogP contribution >= 0.6 is 0 Å². The highest BCUT2D eigenvalue weighted by Crippen LogP contribution is 2.35. The molecule has 2 aliphatic rings. The third kappa shape index (κ3) is 3.71. The molecule has 2 heterocycles. The van der Waals surface area contributed by atoms with Gasteiger partial charge >= 0.3 is 5.69 Å². The minimum atomic E-state index is -0.680. The summed E-state index contributed by atoms with van der Waals surface area (Å²) in [6.45, 7) is 0.461. The van der Waals surface area contributed by atoms with E-state index in [0.717, 1.165) is 19.3 Å². The van der Waals surface area contributed by atoms with Crippen LogP contribution in [0.4, 0.5) is 5.69 Å². The molecule has 4 rings (SSSR count). The zero-order valence-corrected chi connectivity index (χ0v) is 15.3. The number of allylic oxidation sites excluding steroid dienone is 2. The lowest BCUT2D eigenvalue weighted by Crippen LogP contribution is -2.32. The first-order valence-electron chi connectivity index (χ1n) is 9.29. The number of aliphatic imine (C=N–C) groups is 1. The average Bonchev–Trinajstić information content (AvgIpc) is 3.16. The van der Waals surface area contributed by atoms with Crippen LogP contribution in [0, 0.1) is 0 Å². The fourth-order valence-corrected chi connectivity index (χ4v) is 3.39. The zero-order chi connectivity index (χ0) is 19.5. The summed E-state index contributed by atoms with van der Waals surface area (Å²) in [4.78, 5) is 30.8. The molecule has 28 heavy (non-hydrogen) atoms. The van der Waals surface area contributed by atoms with Gasteiger partial charge in [-0.25, -0.2) is 4.79 Å². The third-order valence-corrected chi connectivity index (χ3v) is 4.95. The molecule has 2 aromatic rings. The average molecular weight is 383 g/mol. The molecule has 0 bridgehead atoms. The van der Waals surface area contributed by atoms with Crippen molar-refractivity contribution in [1.29, 1.82) is 0 Å². The van der Waals surface area contributed by atoms with E-state index in [1.54, 1.807) is 18.2 Å². The SMILES string of the molecule is O=c1[nH]c(=O)n(CCC2=CCCCC2)c(O)c1C=Nc1ccc2c(c1)OCO2. The minimum absolute atomic E-state index is 0.0603. The second-order valence-electron chi connectivity index (χ2n) is 6.80. The van der Waals surface area contributed by atoms with Crippen LogP contribution in [0.25, 0.3) is 0 Å². The molecule has 0 atom stereocenters. The van der Waals surface area contributed by atoms with Gasteiger partial charge in [-0.3, -0.25) is 19.3 Å². The van der Waals surface area contributed by atoms with Crippen molar-refractivity contribution in [3.05, 3.63) is 56.2 Å². The maximum Gasteiger partial charge on any atom is 0.331 e. The van der Waals surface area contributed by atoms with Crippen molar-refractivity contribution in [2.45, 2.75) is 38.6 Å². The van der Waals surface area contributed by atoms with E-state index in [2.05, 4.69) is 16.1 Å². The molecule has 0 saturated heterocycles. The van der Waals surface area contributed by atoms with Gasteiger partial charge in [-0.1, -0.05) is 11.6 Å². The maximum atomic E-state index is 12.2. The summed E-state index contributed by atoms with van der Waals surface area (Å²) in [5.74, 6) is 0.818. The molecule has 1 aromatic carbocycles. The monoisotopic (exact) mass is 383 g/mol. The van der Waals surface area contributed by atoms with Gasteiger partial charge in [-0.2, -0.15) is 0 Å². The Bertz CT molecular complexity index is 1060. The van der Waals surface area contributed by atoms with Crippen LogP contribution in [0.3, 0.4) is 0 Å². The van der Waals surface area contributed by atoms with Gasteiger partial charge in [-0.15, -0.1) is 0 Å². The predicted octanol–water partition coefficient (Wildman–Crippen LogP) is 2.61. The van der Waals surface area contributed by atoms with E-state index in [4.69, 9.17) is 9.47 Å². The van der Waals surface area contributed by atoms with Crippen molar-refractivity contribution in [2.24, 2.45) is 4.99 Å². The Labute approximate surface area is 160 Å². The minimum Gasteiger partial charge on any atom is -0.494 e. The van der Waals surface area contributed by atoms with Gasteiger partial charge in [0, 0.05) is 18.8 Å². The van der Waals surface area contributed by atoms with E-state index in [0.29, 0.717) is 30.2 Å². The highest BCUT2D eigenvalue weighted by atomic mass is 16.7. The van der Waals surface area contributed by atoms with Gasteiger partial charge in [0.15, 0.2) is 11.5 Å². The summed E-state index contributed by atoms with van der Waals surface area (Å²) in [6, 6.07) is 5.11. The van der Waals surface area contributed by atoms with Gasteiger partial charge in [-0.05, 0) is 44.2 Å². The number of nitrogens with one attached hydrogen (secondary N) is 1. The number of nitrogens with zero attached hydrogens (tertiary/aromatic N) is 2. The van der Waals surface area contributed by atoms with Gasteiger partial charge in [0.1, 0.15) is 5.56 Å². The van der Waals surface area contributed by atoms with E-state index < -0.39 is 11.2 Å². The van der Waals surface area contributed by atoms with Crippen molar-refractivity contribution < 1.29 is 14.6 Å². The lowest BCUT2D eigenvalue weighted by atomic mass is 9.97. The predicted molar refractivity (Wildman–Crippen MR) is 104 cm³/mol. The highest BCUT2D eigenvalue weighted by Gasteiger charge is 2.15. The Kier molecular flexibility index (Phi) is 5.01. The number of hydrogen-bond acceptors (Lipinski definition) is 6. The molecule has 0 unspecified atom stereocenters. The standard InChI is InChI=1S/C20H21N3O5/c24-18-15(11-21-14-6-7-16-17(10-14)28-12-27-16)19(25)23(20(26)22-18)9-8-13-4-2-1-3-5-13/h4,6-7,10-11,25H,1-3,5,8-9,12H2,(H,22,24,26). The first-order chi connectivity index (χ1) is 13.6. The molecule has 1 aromatic heterocycles. The summed E-state index contributed by atoms with van der Waals surface area (Å²) in [6.07, 6.45) is 8.51. The summed E-state index contributed by atoms with van der Waals surface area (Å²) in [5.41, 5.74) is 0.446. The Hall–Kier alpha value is -3.29. The zero-order valence-electron chi connectivity index (χ0n) is 15.3. The number of rotatable bonds is 5. The summed E-state index contributed by atoms with van der Waals surface area (Å²) in [7, 11) is 0. The van der Waals surface area contributed by atoms with E-state index in [9.17, 15) is 14.7 Å². The quantitative estimate of drug-likeness (QED) is 0.610. The van der Waals surface area contributed by atoms with Crippen molar-refractivity contribution in [3.8, 4) is 17.4 Å².